The molecule has 0 bridgehead atoms. The van der Waals surface area contributed by atoms with E-state index < -0.39 is 16.1 Å². The SMILES string of the molecule is CN1Cc2cc(S(=O)(=O)Nc3cnn4cccnc34)ccc2OC1=O. The van der Waals surface area contributed by atoms with E-state index in [0.717, 1.165) is 0 Å². The van der Waals surface area contributed by atoms with Gasteiger partial charge in [-0.15, -0.1) is 0 Å². The van der Waals surface area contributed by atoms with Crippen LogP contribution in [0.1, 0.15) is 5.56 Å². The molecular formula is C15H13N5O4S. The Morgan fingerprint density at radius 2 is 2.16 bits per heavy atom. The molecule has 128 valence electrons. The van der Waals surface area contributed by atoms with Crippen LogP contribution in [0.3, 0.4) is 0 Å². The number of anilines is 1. The predicted molar refractivity (Wildman–Crippen MR) is 87.7 cm³/mol. The molecule has 4 rings (SSSR count). The average molecular weight is 359 g/mol. The van der Waals surface area contributed by atoms with Crippen molar-refractivity contribution in [1.29, 1.82) is 0 Å². The minimum Gasteiger partial charge on any atom is -0.410 e. The van der Waals surface area contributed by atoms with E-state index >= 15 is 0 Å². The van der Waals surface area contributed by atoms with Crippen LogP contribution in [-0.2, 0) is 16.6 Å². The number of carbonyl (C=O) groups excluding carboxylic acids is 1. The Kier molecular flexibility index (Phi) is 3.35. The lowest BCUT2D eigenvalue weighted by Crippen LogP contribution is -2.33. The summed E-state index contributed by atoms with van der Waals surface area (Å²) < 4.78 is 34.4. The molecule has 0 atom stereocenters. The van der Waals surface area contributed by atoms with Gasteiger partial charge in [-0.1, -0.05) is 0 Å². The maximum atomic E-state index is 12.7. The number of nitrogens with zero attached hydrogens (tertiary/aromatic N) is 4. The van der Waals surface area contributed by atoms with Crippen molar-refractivity contribution in [2.75, 3.05) is 11.8 Å². The largest absolute Gasteiger partial charge is 0.415 e. The maximum Gasteiger partial charge on any atom is 0.415 e. The van der Waals surface area contributed by atoms with Crippen LogP contribution in [0, 0.1) is 0 Å². The van der Waals surface area contributed by atoms with Gasteiger partial charge in [0.1, 0.15) is 11.4 Å². The van der Waals surface area contributed by atoms with E-state index in [9.17, 15) is 13.2 Å². The molecule has 3 aromatic rings. The van der Waals surface area contributed by atoms with Gasteiger partial charge in [-0.3, -0.25) is 4.72 Å². The van der Waals surface area contributed by atoms with Gasteiger partial charge in [0.05, 0.1) is 17.6 Å². The van der Waals surface area contributed by atoms with Crippen molar-refractivity contribution in [3.8, 4) is 5.75 Å². The fourth-order valence-electron chi connectivity index (χ4n) is 2.54. The van der Waals surface area contributed by atoms with E-state index in [1.165, 1.54) is 33.8 Å². The molecule has 3 heterocycles. The minimum absolute atomic E-state index is 0.0629. The van der Waals surface area contributed by atoms with Gasteiger partial charge in [-0.05, 0) is 24.3 Å². The lowest BCUT2D eigenvalue weighted by Gasteiger charge is -2.24. The molecular weight excluding hydrogens is 346 g/mol. The lowest BCUT2D eigenvalue weighted by molar-refractivity contribution is 0.150. The Balaban J connectivity index is 1.69. The first-order valence-electron chi connectivity index (χ1n) is 7.31. The summed E-state index contributed by atoms with van der Waals surface area (Å²) in [5.74, 6) is 0.361. The third-order valence-corrected chi connectivity index (χ3v) is 5.15. The van der Waals surface area contributed by atoms with E-state index in [0.29, 0.717) is 17.0 Å². The van der Waals surface area contributed by atoms with Crippen molar-refractivity contribution in [3.63, 3.8) is 0 Å². The third kappa shape index (κ3) is 2.66. The first-order chi connectivity index (χ1) is 11.9. The van der Waals surface area contributed by atoms with Crippen LogP contribution >= 0.6 is 0 Å². The van der Waals surface area contributed by atoms with Crippen molar-refractivity contribution < 1.29 is 17.9 Å². The molecule has 0 saturated heterocycles. The smallest absolute Gasteiger partial charge is 0.410 e. The molecule has 1 aliphatic heterocycles. The van der Waals surface area contributed by atoms with Crippen molar-refractivity contribution in [2.24, 2.45) is 0 Å². The van der Waals surface area contributed by atoms with Gasteiger partial charge in [-0.25, -0.2) is 22.7 Å². The van der Waals surface area contributed by atoms with Gasteiger partial charge >= 0.3 is 6.09 Å². The van der Waals surface area contributed by atoms with Gasteiger partial charge in [0.2, 0.25) is 0 Å². The summed E-state index contributed by atoms with van der Waals surface area (Å²) in [6, 6.07) is 6.04. The highest BCUT2D eigenvalue weighted by atomic mass is 32.2. The van der Waals surface area contributed by atoms with Crippen molar-refractivity contribution in [2.45, 2.75) is 11.4 Å². The van der Waals surface area contributed by atoms with Crippen LogP contribution in [0.15, 0.2) is 47.8 Å². The highest BCUT2D eigenvalue weighted by Crippen LogP contribution is 2.29. The molecule has 0 saturated carbocycles. The van der Waals surface area contributed by atoms with Gasteiger partial charge in [0.15, 0.2) is 5.65 Å². The van der Waals surface area contributed by atoms with Crippen LogP contribution in [0.2, 0.25) is 0 Å². The zero-order valence-electron chi connectivity index (χ0n) is 13.1. The summed E-state index contributed by atoms with van der Waals surface area (Å²) in [5.41, 5.74) is 1.29. The summed E-state index contributed by atoms with van der Waals surface area (Å²) in [6.07, 6.45) is 4.15. The van der Waals surface area contributed by atoms with Crippen LogP contribution < -0.4 is 9.46 Å². The zero-order valence-corrected chi connectivity index (χ0v) is 13.9. The lowest BCUT2D eigenvalue weighted by atomic mass is 10.2. The highest BCUT2D eigenvalue weighted by Gasteiger charge is 2.25. The van der Waals surface area contributed by atoms with Gasteiger partial charge in [-0.2, -0.15) is 5.10 Å². The maximum absolute atomic E-state index is 12.7. The van der Waals surface area contributed by atoms with Crippen LogP contribution in [0.4, 0.5) is 10.5 Å². The fraction of sp³-hybridized carbons (Fsp3) is 0.133. The van der Waals surface area contributed by atoms with E-state index in [4.69, 9.17) is 4.74 Å². The molecule has 1 N–H and O–H groups in total. The number of benzene rings is 1. The number of carbonyl (C=O) groups is 1. The van der Waals surface area contributed by atoms with Crippen LogP contribution in [0.25, 0.3) is 5.65 Å². The quantitative estimate of drug-likeness (QED) is 0.759. The number of nitrogens with one attached hydrogen (secondary N) is 1. The molecule has 0 unspecified atom stereocenters. The van der Waals surface area contributed by atoms with Gasteiger partial charge in [0, 0.05) is 25.0 Å². The Hall–Kier alpha value is -3.14. The normalized spacial score (nSPS) is 14.3. The second-order valence-electron chi connectivity index (χ2n) is 5.55. The number of amides is 1. The highest BCUT2D eigenvalue weighted by molar-refractivity contribution is 7.92. The molecule has 1 aliphatic rings. The summed E-state index contributed by atoms with van der Waals surface area (Å²) >= 11 is 0. The molecule has 10 heteroatoms. The molecule has 0 spiro atoms. The van der Waals surface area contributed by atoms with Crippen molar-refractivity contribution >= 4 is 27.5 Å². The molecule has 2 aromatic heterocycles. The van der Waals surface area contributed by atoms with Crippen molar-refractivity contribution in [1.82, 2.24) is 19.5 Å². The van der Waals surface area contributed by atoms with E-state index in [-0.39, 0.29) is 17.1 Å². The van der Waals surface area contributed by atoms with Crippen molar-refractivity contribution in [3.05, 3.63) is 48.4 Å². The van der Waals surface area contributed by atoms with E-state index in [1.807, 2.05) is 0 Å². The predicted octanol–water partition coefficient (Wildman–Crippen LogP) is 1.47. The van der Waals surface area contributed by atoms with E-state index in [1.54, 1.807) is 25.5 Å². The number of ether oxygens (including phenoxy) is 1. The molecule has 1 aromatic carbocycles. The molecule has 1 amide bonds. The minimum atomic E-state index is -3.84. The van der Waals surface area contributed by atoms with E-state index in [2.05, 4.69) is 14.8 Å². The summed E-state index contributed by atoms with van der Waals surface area (Å²) in [6.45, 7) is 0.274. The standard InChI is InChI=1S/C15H13N5O4S/c1-19-9-10-7-11(3-4-13(10)24-15(19)21)25(22,23)18-12-8-17-20-6-2-5-16-14(12)20/h2-8,18H,9H2,1H3. The number of fused-ring (bicyclic) bond motifs is 2. The Bertz CT molecular complexity index is 1090. The first kappa shape index (κ1) is 15.4. The third-order valence-electron chi connectivity index (χ3n) is 3.78. The number of hydrogen-bond acceptors (Lipinski definition) is 6. The fourth-order valence-corrected chi connectivity index (χ4v) is 3.64. The Morgan fingerprint density at radius 1 is 1.32 bits per heavy atom. The number of sulfonamides is 1. The molecule has 0 fully saturated rings. The number of hydrogen-bond donors (Lipinski definition) is 1. The molecule has 0 radical (unpaired) electrons. The average Bonchev–Trinajstić information content (AvgIpc) is 2.98. The zero-order chi connectivity index (χ0) is 17.6. The molecule has 25 heavy (non-hydrogen) atoms. The Morgan fingerprint density at radius 3 is 3.00 bits per heavy atom. The Labute approximate surface area is 142 Å². The summed E-state index contributed by atoms with van der Waals surface area (Å²) in [5, 5.41) is 4.05. The van der Waals surface area contributed by atoms with Crippen LogP contribution in [-0.4, -0.2) is 41.1 Å². The van der Waals surface area contributed by atoms with Gasteiger partial charge in [0.25, 0.3) is 10.0 Å². The molecule has 9 nitrogen and oxygen atoms in total. The van der Waals surface area contributed by atoms with Gasteiger partial charge < -0.3 is 9.64 Å². The molecule has 0 aliphatic carbocycles. The number of aromatic nitrogens is 3. The monoisotopic (exact) mass is 359 g/mol. The topological polar surface area (TPSA) is 106 Å². The second kappa shape index (κ2) is 5.45. The second-order valence-corrected chi connectivity index (χ2v) is 7.23. The number of rotatable bonds is 3. The first-order valence-corrected chi connectivity index (χ1v) is 8.79. The summed E-state index contributed by atoms with van der Waals surface area (Å²) in [7, 11) is -2.26. The van der Waals surface area contributed by atoms with Crippen LogP contribution in [0.5, 0.6) is 5.75 Å². The summed E-state index contributed by atoms with van der Waals surface area (Å²) in [4.78, 5) is 17.1.